The van der Waals surface area contributed by atoms with Gasteiger partial charge in [0, 0.05) is 38.0 Å². The van der Waals surface area contributed by atoms with Crippen molar-refractivity contribution in [1.29, 1.82) is 0 Å². The molecule has 2 aromatic rings. The minimum absolute atomic E-state index is 0.0500. The molecule has 0 radical (unpaired) electrons. The van der Waals surface area contributed by atoms with E-state index in [4.69, 9.17) is 4.42 Å². The highest BCUT2D eigenvalue weighted by Crippen LogP contribution is 2.29. The molecule has 0 aromatic carbocycles. The summed E-state index contributed by atoms with van der Waals surface area (Å²) in [6.07, 6.45) is 7.48. The lowest BCUT2D eigenvalue weighted by atomic mass is 9.96. The van der Waals surface area contributed by atoms with E-state index >= 15 is 0 Å². The number of likely N-dealkylation sites (tertiary alicyclic amines) is 1. The van der Waals surface area contributed by atoms with E-state index in [-0.39, 0.29) is 5.91 Å². The maximum atomic E-state index is 12.3. The molecule has 0 saturated carbocycles. The van der Waals surface area contributed by atoms with Crippen LogP contribution < -0.4 is 0 Å². The van der Waals surface area contributed by atoms with Crippen molar-refractivity contribution in [1.82, 2.24) is 19.7 Å². The van der Waals surface area contributed by atoms with Crippen LogP contribution >= 0.6 is 0 Å². The Balaban J connectivity index is 1.35. The summed E-state index contributed by atoms with van der Waals surface area (Å²) in [4.78, 5) is 14.2. The van der Waals surface area contributed by atoms with Gasteiger partial charge in [0.2, 0.25) is 5.91 Å². The maximum absolute atomic E-state index is 12.3. The lowest BCUT2D eigenvalue weighted by molar-refractivity contribution is -0.127. The Morgan fingerprint density at radius 1 is 1.25 bits per heavy atom. The van der Waals surface area contributed by atoms with Crippen LogP contribution in [0, 0.1) is 6.92 Å². The molecule has 0 bridgehead atoms. The predicted molar refractivity (Wildman–Crippen MR) is 89.4 cm³/mol. The molecule has 2 aromatic heterocycles. The third-order valence-corrected chi connectivity index (χ3v) is 4.96. The van der Waals surface area contributed by atoms with Crippen LogP contribution in [0.15, 0.2) is 22.6 Å². The van der Waals surface area contributed by atoms with Gasteiger partial charge in [0.25, 0.3) is 0 Å². The van der Waals surface area contributed by atoms with Crippen LogP contribution in [-0.4, -0.2) is 38.7 Å². The predicted octanol–water partition coefficient (Wildman–Crippen LogP) is 2.55. The van der Waals surface area contributed by atoms with Gasteiger partial charge in [-0.2, -0.15) is 0 Å². The van der Waals surface area contributed by atoms with Gasteiger partial charge in [0.15, 0.2) is 0 Å². The molecule has 1 saturated heterocycles. The quantitative estimate of drug-likeness (QED) is 0.813. The van der Waals surface area contributed by atoms with Crippen LogP contribution in [0.1, 0.15) is 48.3 Å². The summed E-state index contributed by atoms with van der Waals surface area (Å²) >= 11 is 0. The number of aryl methyl sites for hydroxylation is 2. The van der Waals surface area contributed by atoms with E-state index in [2.05, 4.69) is 14.8 Å². The second-order valence-corrected chi connectivity index (χ2v) is 6.61. The molecule has 6 nitrogen and oxygen atoms in total. The summed E-state index contributed by atoms with van der Waals surface area (Å²) in [7, 11) is 0. The second-order valence-electron chi connectivity index (χ2n) is 6.61. The van der Waals surface area contributed by atoms with E-state index in [1.807, 2.05) is 24.0 Å². The molecule has 6 heteroatoms. The number of aromatic nitrogens is 3. The smallest absolute Gasteiger partial charge is 0.246 e. The Kier molecular flexibility index (Phi) is 3.96. The molecule has 2 aliphatic rings. The van der Waals surface area contributed by atoms with Gasteiger partial charge in [-0.1, -0.05) is 0 Å². The third kappa shape index (κ3) is 2.88. The van der Waals surface area contributed by atoms with E-state index in [0.717, 1.165) is 62.1 Å². The maximum Gasteiger partial charge on any atom is 0.246 e. The molecule has 126 valence electrons. The molecule has 1 fully saturated rings. The van der Waals surface area contributed by atoms with Crippen LogP contribution in [-0.2, 0) is 17.8 Å². The molecule has 0 N–H and O–H groups in total. The summed E-state index contributed by atoms with van der Waals surface area (Å²) in [6, 6.07) is 3.77. The van der Waals surface area contributed by atoms with Crippen LogP contribution in [0.5, 0.6) is 0 Å². The van der Waals surface area contributed by atoms with Gasteiger partial charge in [-0.05, 0) is 44.4 Å². The van der Waals surface area contributed by atoms with Crippen LogP contribution in [0.3, 0.4) is 0 Å². The summed E-state index contributed by atoms with van der Waals surface area (Å²) in [5.74, 6) is 4.29. The molecule has 1 amide bonds. The molecule has 0 atom stereocenters. The average Bonchev–Trinajstić information content (AvgIpc) is 3.29. The zero-order valence-electron chi connectivity index (χ0n) is 13.9. The van der Waals surface area contributed by atoms with E-state index in [1.54, 1.807) is 12.2 Å². The highest BCUT2D eigenvalue weighted by Gasteiger charge is 2.28. The number of fused-ring (bicyclic) bond motifs is 1. The number of hydrogen-bond donors (Lipinski definition) is 0. The van der Waals surface area contributed by atoms with Crippen LogP contribution in [0.25, 0.3) is 6.08 Å². The fourth-order valence-corrected chi connectivity index (χ4v) is 3.63. The van der Waals surface area contributed by atoms with Gasteiger partial charge < -0.3 is 13.9 Å². The first-order chi connectivity index (χ1) is 11.7. The minimum atomic E-state index is 0.0500. The Bertz CT molecular complexity index is 766. The van der Waals surface area contributed by atoms with Gasteiger partial charge in [0.1, 0.15) is 23.2 Å². The number of rotatable bonds is 3. The Hall–Kier alpha value is -2.37. The number of hydrogen-bond acceptors (Lipinski definition) is 4. The van der Waals surface area contributed by atoms with Gasteiger partial charge in [0.05, 0.1) is 0 Å². The number of carbonyl (C=O) groups excluding carboxylic acids is 1. The van der Waals surface area contributed by atoms with Crippen molar-refractivity contribution in [3.8, 4) is 0 Å². The lowest BCUT2D eigenvalue weighted by Crippen LogP contribution is -2.37. The first-order valence-electron chi connectivity index (χ1n) is 8.66. The Morgan fingerprint density at radius 3 is 2.83 bits per heavy atom. The summed E-state index contributed by atoms with van der Waals surface area (Å²) in [5.41, 5.74) is 0. The van der Waals surface area contributed by atoms with Crippen molar-refractivity contribution in [2.24, 2.45) is 0 Å². The number of piperidine rings is 1. The van der Waals surface area contributed by atoms with E-state index in [9.17, 15) is 4.79 Å². The fraction of sp³-hybridized carbons (Fsp3) is 0.500. The van der Waals surface area contributed by atoms with Crippen molar-refractivity contribution in [3.63, 3.8) is 0 Å². The first kappa shape index (κ1) is 15.2. The molecule has 0 spiro atoms. The topological polar surface area (TPSA) is 64.2 Å². The van der Waals surface area contributed by atoms with Gasteiger partial charge in [-0.15, -0.1) is 10.2 Å². The number of carbonyl (C=O) groups is 1. The van der Waals surface area contributed by atoms with Gasteiger partial charge in [-0.25, -0.2) is 0 Å². The molecule has 24 heavy (non-hydrogen) atoms. The third-order valence-electron chi connectivity index (χ3n) is 4.96. The molecule has 4 heterocycles. The Labute approximate surface area is 141 Å². The first-order valence-corrected chi connectivity index (χ1v) is 8.66. The van der Waals surface area contributed by atoms with Crippen molar-refractivity contribution < 1.29 is 9.21 Å². The molecule has 0 unspecified atom stereocenters. The molecular weight excluding hydrogens is 304 g/mol. The monoisotopic (exact) mass is 326 g/mol. The number of amides is 1. The largest absolute Gasteiger partial charge is 0.462 e. The highest BCUT2D eigenvalue weighted by molar-refractivity contribution is 5.91. The molecule has 2 aliphatic heterocycles. The van der Waals surface area contributed by atoms with Crippen molar-refractivity contribution >= 4 is 12.0 Å². The summed E-state index contributed by atoms with van der Waals surface area (Å²) < 4.78 is 7.73. The van der Waals surface area contributed by atoms with Crippen LogP contribution in [0.4, 0.5) is 0 Å². The van der Waals surface area contributed by atoms with E-state index in [0.29, 0.717) is 5.92 Å². The summed E-state index contributed by atoms with van der Waals surface area (Å²) in [6.45, 7) is 4.48. The van der Waals surface area contributed by atoms with E-state index < -0.39 is 0 Å². The number of nitrogens with zero attached hydrogens (tertiary/aromatic N) is 4. The number of furan rings is 1. The molecular formula is C18H22N4O2. The van der Waals surface area contributed by atoms with Crippen molar-refractivity contribution in [2.75, 3.05) is 13.1 Å². The van der Waals surface area contributed by atoms with E-state index in [1.165, 1.54) is 6.42 Å². The highest BCUT2D eigenvalue weighted by atomic mass is 16.3. The second kappa shape index (κ2) is 6.26. The Morgan fingerprint density at radius 2 is 2.08 bits per heavy atom. The fourth-order valence-electron chi connectivity index (χ4n) is 3.63. The van der Waals surface area contributed by atoms with Gasteiger partial charge in [-0.3, -0.25) is 4.79 Å². The lowest BCUT2D eigenvalue weighted by Gasteiger charge is -2.30. The SMILES string of the molecule is Cc1ccc(/C=C/C(=O)N2CCC(c3nnc4n3CCC4)CC2)o1. The summed E-state index contributed by atoms with van der Waals surface area (Å²) in [5, 5.41) is 8.69. The normalized spacial score (nSPS) is 18.5. The zero-order valence-corrected chi connectivity index (χ0v) is 13.9. The van der Waals surface area contributed by atoms with Gasteiger partial charge >= 0.3 is 0 Å². The molecule has 4 rings (SSSR count). The molecule has 0 aliphatic carbocycles. The van der Waals surface area contributed by atoms with Crippen molar-refractivity contribution in [2.45, 2.75) is 45.1 Å². The van der Waals surface area contributed by atoms with Crippen molar-refractivity contribution in [3.05, 3.63) is 41.4 Å². The zero-order chi connectivity index (χ0) is 16.5. The standard InChI is InChI=1S/C18H22N4O2/c1-13-4-5-15(24-13)6-7-17(23)21-11-8-14(9-12-21)18-20-19-16-3-2-10-22(16)18/h4-7,14H,2-3,8-12H2,1H3/b7-6+. The van der Waals surface area contributed by atoms with Crippen LogP contribution in [0.2, 0.25) is 0 Å². The minimum Gasteiger partial charge on any atom is -0.462 e. The average molecular weight is 326 g/mol.